The van der Waals surface area contributed by atoms with Crippen LogP contribution >= 0.6 is 0 Å². The molecule has 0 aromatic carbocycles. The van der Waals surface area contributed by atoms with Crippen molar-refractivity contribution >= 4 is 10.0 Å². The normalized spacial score (nSPS) is 29.7. The van der Waals surface area contributed by atoms with Gasteiger partial charge < -0.3 is 5.32 Å². The maximum absolute atomic E-state index is 12.1. The molecule has 5 heteroatoms. The molecule has 90 valence electrons. The molecule has 0 spiro atoms. The molecule has 0 saturated carbocycles. The van der Waals surface area contributed by atoms with Crippen LogP contribution in [-0.4, -0.2) is 43.6 Å². The van der Waals surface area contributed by atoms with E-state index < -0.39 is 10.0 Å². The van der Waals surface area contributed by atoms with Gasteiger partial charge in [0.05, 0.1) is 5.75 Å². The Bertz CT molecular complexity index is 291. The summed E-state index contributed by atoms with van der Waals surface area (Å²) in [7, 11) is -3.09. The lowest BCUT2D eigenvalue weighted by Gasteiger charge is -2.38. The Kier molecular flexibility index (Phi) is 4.14. The molecule has 1 saturated heterocycles. The van der Waals surface area contributed by atoms with Gasteiger partial charge >= 0.3 is 0 Å². The SMILES string of the molecule is CC(C)CS(=O)(=O)N1C(C)CNCC1C. The third-order valence-electron chi connectivity index (χ3n) is 2.61. The average molecular weight is 234 g/mol. The van der Waals surface area contributed by atoms with Crippen LogP contribution in [0, 0.1) is 5.92 Å². The molecule has 0 radical (unpaired) electrons. The predicted molar refractivity (Wildman–Crippen MR) is 62.3 cm³/mol. The largest absolute Gasteiger partial charge is 0.314 e. The zero-order chi connectivity index (χ0) is 11.6. The van der Waals surface area contributed by atoms with E-state index >= 15 is 0 Å². The highest BCUT2D eigenvalue weighted by molar-refractivity contribution is 7.89. The van der Waals surface area contributed by atoms with Crippen LogP contribution in [0.25, 0.3) is 0 Å². The third kappa shape index (κ3) is 3.16. The van der Waals surface area contributed by atoms with Gasteiger partial charge in [-0.2, -0.15) is 4.31 Å². The fourth-order valence-electron chi connectivity index (χ4n) is 2.17. The zero-order valence-corrected chi connectivity index (χ0v) is 10.8. The zero-order valence-electron chi connectivity index (χ0n) is 10.0. The van der Waals surface area contributed by atoms with Gasteiger partial charge in [-0.1, -0.05) is 13.8 Å². The molecular weight excluding hydrogens is 212 g/mol. The van der Waals surface area contributed by atoms with E-state index in [4.69, 9.17) is 0 Å². The van der Waals surface area contributed by atoms with Crippen LogP contribution in [0.15, 0.2) is 0 Å². The van der Waals surface area contributed by atoms with Crippen molar-refractivity contribution < 1.29 is 8.42 Å². The molecule has 1 heterocycles. The number of rotatable bonds is 3. The van der Waals surface area contributed by atoms with Gasteiger partial charge in [-0.15, -0.1) is 0 Å². The average Bonchev–Trinajstić information content (AvgIpc) is 1.99. The quantitative estimate of drug-likeness (QED) is 0.780. The van der Waals surface area contributed by atoms with Gasteiger partial charge in [0.25, 0.3) is 0 Å². The first-order chi connectivity index (χ1) is 6.84. The van der Waals surface area contributed by atoms with E-state index in [1.165, 1.54) is 0 Å². The summed E-state index contributed by atoms with van der Waals surface area (Å²) in [6.45, 7) is 9.30. The second-order valence-electron chi connectivity index (χ2n) is 4.86. The van der Waals surface area contributed by atoms with Gasteiger partial charge in [-0.05, 0) is 19.8 Å². The van der Waals surface area contributed by atoms with E-state index in [1.54, 1.807) is 4.31 Å². The summed E-state index contributed by atoms with van der Waals surface area (Å²) in [6, 6.07) is 0.134. The summed E-state index contributed by atoms with van der Waals surface area (Å²) in [5, 5.41) is 3.23. The molecule has 1 aliphatic heterocycles. The predicted octanol–water partition coefficient (Wildman–Crippen LogP) is 0.654. The topological polar surface area (TPSA) is 49.4 Å². The van der Waals surface area contributed by atoms with Crippen molar-refractivity contribution in [2.75, 3.05) is 18.8 Å². The molecule has 0 bridgehead atoms. The summed E-state index contributed by atoms with van der Waals surface area (Å²) in [6.07, 6.45) is 0. The lowest BCUT2D eigenvalue weighted by molar-refractivity contribution is 0.219. The van der Waals surface area contributed by atoms with Crippen molar-refractivity contribution in [2.45, 2.75) is 39.8 Å². The summed E-state index contributed by atoms with van der Waals surface area (Å²) >= 11 is 0. The molecule has 15 heavy (non-hydrogen) atoms. The van der Waals surface area contributed by atoms with E-state index in [2.05, 4.69) is 5.32 Å². The molecule has 1 fully saturated rings. The van der Waals surface area contributed by atoms with Gasteiger partial charge in [-0.3, -0.25) is 0 Å². The molecule has 2 unspecified atom stereocenters. The van der Waals surface area contributed by atoms with Gasteiger partial charge in [0, 0.05) is 25.2 Å². The van der Waals surface area contributed by atoms with Gasteiger partial charge in [0.1, 0.15) is 0 Å². The lowest BCUT2D eigenvalue weighted by atomic mass is 10.2. The van der Waals surface area contributed by atoms with Gasteiger partial charge in [0.15, 0.2) is 0 Å². The number of hydrogen-bond acceptors (Lipinski definition) is 3. The standard InChI is InChI=1S/C10H22N2O2S/c1-8(2)7-15(13,14)12-9(3)5-11-6-10(12)4/h8-11H,5-7H2,1-4H3. The minimum absolute atomic E-state index is 0.0671. The first-order valence-electron chi connectivity index (χ1n) is 5.56. The number of sulfonamides is 1. The second-order valence-corrected chi connectivity index (χ2v) is 6.78. The molecule has 4 nitrogen and oxygen atoms in total. The molecule has 0 amide bonds. The number of piperazine rings is 1. The minimum atomic E-state index is -3.09. The van der Waals surface area contributed by atoms with Crippen molar-refractivity contribution in [2.24, 2.45) is 5.92 Å². The van der Waals surface area contributed by atoms with Crippen LogP contribution in [0.1, 0.15) is 27.7 Å². The Hall–Kier alpha value is -0.130. The Balaban J connectivity index is 2.83. The molecule has 1 aliphatic rings. The van der Waals surface area contributed by atoms with Crippen LogP contribution in [0.4, 0.5) is 0 Å². The highest BCUT2D eigenvalue weighted by Gasteiger charge is 2.34. The maximum atomic E-state index is 12.1. The Morgan fingerprint density at radius 2 is 1.73 bits per heavy atom. The van der Waals surface area contributed by atoms with E-state index in [0.717, 1.165) is 13.1 Å². The summed E-state index contributed by atoms with van der Waals surface area (Å²) < 4.78 is 25.9. The third-order valence-corrected chi connectivity index (χ3v) is 5.06. The van der Waals surface area contributed by atoms with Crippen molar-refractivity contribution in [1.29, 1.82) is 0 Å². The first kappa shape index (κ1) is 12.9. The number of nitrogens with zero attached hydrogens (tertiary/aromatic N) is 1. The Labute approximate surface area is 93.1 Å². The fourth-order valence-corrected chi connectivity index (χ4v) is 4.43. The highest BCUT2D eigenvalue weighted by Crippen LogP contribution is 2.17. The van der Waals surface area contributed by atoms with E-state index in [0.29, 0.717) is 0 Å². The molecule has 0 aromatic rings. The summed E-state index contributed by atoms with van der Waals surface area (Å²) in [4.78, 5) is 0. The Morgan fingerprint density at radius 1 is 1.27 bits per heavy atom. The molecule has 0 aromatic heterocycles. The molecular formula is C10H22N2O2S. The van der Waals surface area contributed by atoms with Gasteiger partial charge in [0.2, 0.25) is 10.0 Å². The minimum Gasteiger partial charge on any atom is -0.314 e. The van der Waals surface area contributed by atoms with Crippen molar-refractivity contribution in [1.82, 2.24) is 9.62 Å². The van der Waals surface area contributed by atoms with Crippen molar-refractivity contribution in [3.63, 3.8) is 0 Å². The van der Waals surface area contributed by atoms with Crippen LogP contribution < -0.4 is 5.32 Å². The number of nitrogens with one attached hydrogen (secondary N) is 1. The summed E-state index contributed by atoms with van der Waals surface area (Å²) in [5.41, 5.74) is 0. The second kappa shape index (κ2) is 4.80. The van der Waals surface area contributed by atoms with Gasteiger partial charge in [-0.25, -0.2) is 8.42 Å². The highest BCUT2D eigenvalue weighted by atomic mass is 32.2. The summed E-state index contributed by atoms with van der Waals surface area (Å²) in [5.74, 6) is 0.436. The van der Waals surface area contributed by atoms with Crippen LogP contribution in [0.5, 0.6) is 0 Å². The van der Waals surface area contributed by atoms with Crippen molar-refractivity contribution in [3.8, 4) is 0 Å². The monoisotopic (exact) mass is 234 g/mol. The maximum Gasteiger partial charge on any atom is 0.214 e. The van der Waals surface area contributed by atoms with Crippen LogP contribution in [-0.2, 0) is 10.0 Å². The van der Waals surface area contributed by atoms with E-state index in [-0.39, 0.29) is 23.8 Å². The van der Waals surface area contributed by atoms with E-state index in [1.807, 2.05) is 27.7 Å². The number of hydrogen-bond donors (Lipinski definition) is 1. The smallest absolute Gasteiger partial charge is 0.214 e. The Morgan fingerprint density at radius 3 is 2.13 bits per heavy atom. The lowest BCUT2D eigenvalue weighted by Crippen LogP contribution is -2.57. The molecule has 1 rings (SSSR count). The molecule has 2 atom stereocenters. The van der Waals surface area contributed by atoms with E-state index in [9.17, 15) is 8.42 Å². The van der Waals surface area contributed by atoms with Crippen LogP contribution in [0.3, 0.4) is 0 Å². The first-order valence-corrected chi connectivity index (χ1v) is 7.17. The van der Waals surface area contributed by atoms with Crippen molar-refractivity contribution in [3.05, 3.63) is 0 Å². The fraction of sp³-hybridized carbons (Fsp3) is 1.00. The molecule has 0 aliphatic carbocycles. The molecule has 1 N–H and O–H groups in total. The van der Waals surface area contributed by atoms with Crippen LogP contribution in [0.2, 0.25) is 0 Å².